The van der Waals surface area contributed by atoms with Crippen LogP contribution >= 0.6 is 0 Å². The third-order valence-electron chi connectivity index (χ3n) is 8.40. The van der Waals surface area contributed by atoms with E-state index in [-0.39, 0.29) is 11.5 Å². The van der Waals surface area contributed by atoms with Crippen LogP contribution in [0.5, 0.6) is 0 Å². The van der Waals surface area contributed by atoms with Gasteiger partial charge in [0, 0.05) is 9.79 Å². The van der Waals surface area contributed by atoms with Gasteiger partial charge in [0.15, 0.2) is 0 Å². The summed E-state index contributed by atoms with van der Waals surface area (Å²) in [6, 6.07) is 23.3. The molecule has 0 amide bonds. The predicted octanol–water partition coefficient (Wildman–Crippen LogP) is 9.43. The first-order chi connectivity index (χ1) is 19.6. The zero-order valence-electron chi connectivity index (χ0n) is 27.4. The molecule has 3 aromatic rings. The Morgan fingerprint density at radius 1 is 0.690 bits per heavy atom. The van der Waals surface area contributed by atoms with Crippen LogP contribution in [0.2, 0.25) is 16.6 Å². The summed E-state index contributed by atoms with van der Waals surface area (Å²) in [7, 11) is -5.32. The highest BCUT2D eigenvalue weighted by atomic mass is 32.2. The SMILES string of the molecule is Cc1ccc(S(=O)N[C@@H]([C@@H](O[Si](C(C)C)(C(C)C)C(C)C)c2ccccc2S(=O)c2ccc(C)cc2)C(C)(C)C)cc1. The molecule has 0 aliphatic rings. The first kappa shape index (κ1) is 34.6. The smallest absolute Gasteiger partial charge is 0.201 e. The highest BCUT2D eigenvalue weighted by Gasteiger charge is 2.50. The normalized spacial score (nSPS) is 15.7. The van der Waals surface area contributed by atoms with Crippen LogP contribution in [-0.2, 0) is 26.2 Å². The Labute approximate surface area is 261 Å². The lowest BCUT2D eigenvalue weighted by molar-refractivity contribution is 0.0861. The van der Waals surface area contributed by atoms with Gasteiger partial charge < -0.3 is 4.43 Å². The maximum atomic E-state index is 14.2. The van der Waals surface area contributed by atoms with Crippen LogP contribution in [0.25, 0.3) is 0 Å². The van der Waals surface area contributed by atoms with E-state index in [0.29, 0.717) is 16.6 Å². The van der Waals surface area contributed by atoms with Crippen molar-refractivity contribution in [3.8, 4) is 0 Å². The fraction of sp³-hybridized carbons (Fsp3) is 0.486. The first-order valence-corrected chi connectivity index (χ1v) is 19.5. The Morgan fingerprint density at radius 2 is 1.14 bits per heavy atom. The van der Waals surface area contributed by atoms with E-state index in [0.717, 1.165) is 31.4 Å². The van der Waals surface area contributed by atoms with Crippen molar-refractivity contribution < 1.29 is 12.8 Å². The molecule has 42 heavy (non-hydrogen) atoms. The molecule has 0 aromatic heterocycles. The molecule has 1 N–H and O–H groups in total. The van der Waals surface area contributed by atoms with Crippen LogP contribution in [0.1, 0.15) is 85.1 Å². The van der Waals surface area contributed by atoms with Crippen molar-refractivity contribution in [2.24, 2.45) is 5.41 Å². The quantitative estimate of drug-likeness (QED) is 0.204. The Bertz CT molecular complexity index is 1340. The molecule has 0 saturated carbocycles. The fourth-order valence-corrected chi connectivity index (χ4v) is 14.1. The van der Waals surface area contributed by atoms with E-state index in [1.54, 1.807) is 0 Å². The molecule has 0 aliphatic carbocycles. The van der Waals surface area contributed by atoms with Crippen LogP contribution in [0.3, 0.4) is 0 Å². The lowest BCUT2D eigenvalue weighted by Crippen LogP contribution is -2.54. The zero-order valence-corrected chi connectivity index (χ0v) is 30.0. The van der Waals surface area contributed by atoms with Gasteiger partial charge in [-0.1, -0.05) is 116 Å². The van der Waals surface area contributed by atoms with E-state index in [1.165, 1.54) is 0 Å². The van der Waals surface area contributed by atoms with Gasteiger partial charge in [0.1, 0.15) is 11.0 Å². The van der Waals surface area contributed by atoms with Gasteiger partial charge in [0.05, 0.1) is 27.8 Å². The number of hydrogen-bond acceptors (Lipinski definition) is 3. The standard InChI is InChI=1S/C35H51NO3S2Si/c1-24(2)42(25(3)4,26(5)6)39-33(34(35(9,10)11)36-41(38)30-22-18-28(8)19-23-30)31-14-12-13-15-32(31)40(37)29-20-16-27(7)17-21-29/h12-26,33-34,36H,1-11H3/t33-,34-,40?,41?/m0/s1. The van der Waals surface area contributed by atoms with Gasteiger partial charge in [-0.25, -0.2) is 13.1 Å². The second-order valence-corrected chi connectivity index (χ2v) is 21.6. The number of aryl methyl sites for hydroxylation is 2. The van der Waals surface area contributed by atoms with Gasteiger partial charge in [-0.2, -0.15) is 0 Å². The predicted molar refractivity (Wildman–Crippen MR) is 181 cm³/mol. The molecule has 3 rings (SSSR count). The van der Waals surface area contributed by atoms with Crippen molar-refractivity contribution in [2.45, 2.75) is 120 Å². The number of rotatable bonds is 12. The molecule has 230 valence electrons. The lowest BCUT2D eigenvalue weighted by atomic mass is 9.82. The molecule has 4 nitrogen and oxygen atoms in total. The van der Waals surface area contributed by atoms with Crippen molar-refractivity contribution in [1.82, 2.24) is 4.72 Å². The molecule has 0 aliphatic heterocycles. The van der Waals surface area contributed by atoms with E-state index < -0.39 is 36.2 Å². The first-order valence-electron chi connectivity index (χ1n) is 15.1. The molecule has 3 aromatic carbocycles. The number of nitrogens with one attached hydrogen (secondary N) is 1. The highest BCUT2D eigenvalue weighted by molar-refractivity contribution is 7.85. The summed E-state index contributed by atoms with van der Waals surface area (Å²) in [5.74, 6) is 0. The van der Waals surface area contributed by atoms with Crippen LogP contribution in [-0.4, -0.2) is 22.8 Å². The van der Waals surface area contributed by atoms with E-state index in [2.05, 4.69) is 73.1 Å². The van der Waals surface area contributed by atoms with Gasteiger partial charge in [-0.05, 0) is 71.8 Å². The fourth-order valence-electron chi connectivity index (χ4n) is 6.15. The summed E-state index contributed by atoms with van der Waals surface area (Å²) in [5.41, 5.74) is 3.84. The van der Waals surface area contributed by atoms with Crippen LogP contribution < -0.4 is 4.72 Å². The highest BCUT2D eigenvalue weighted by Crippen LogP contribution is 2.48. The van der Waals surface area contributed by atoms with Crippen LogP contribution in [0, 0.1) is 19.3 Å². The topological polar surface area (TPSA) is 55.4 Å². The summed E-state index contributed by atoms with van der Waals surface area (Å²) < 4.78 is 39.2. The lowest BCUT2D eigenvalue weighted by Gasteiger charge is -2.48. The average Bonchev–Trinajstić information content (AvgIpc) is 2.92. The van der Waals surface area contributed by atoms with Crippen molar-refractivity contribution >= 4 is 30.1 Å². The van der Waals surface area contributed by atoms with Crippen molar-refractivity contribution in [1.29, 1.82) is 0 Å². The summed E-state index contributed by atoms with van der Waals surface area (Å²) in [5, 5.41) is 0. The molecule has 0 bridgehead atoms. The third kappa shape index (κ3) is 7.78. The van der Waals surface area contributed by atoms with Crippen molar-refractivity contribution in [3.63, 3.8) is 0 Å². The Kier molecular flexibility index (Phi) is 11.7. The average molecular weight is 626 g/mol. The van der Waals surface area contributed by atoms with Gasteiger partial charge >= 0.3 is 0 Å². The Hall–Kier alpha value is -1.90. The Balaban J connectivity index is 2.26. The zero-order chi connectivity index (χ0) is 31.4. The second-order valence-electron chi connectivity index (χ2n) is 13.5. The monoisotopic (exact) mass is 625 g/mol. The van der Waals surface area contributed by atoms with Gasteiger partial charge in [0.25, 0.3) is 0 Å². The van der Waals surface area contributed by atoms with Crippen molar-refractivity contribution in [2.75, 3.05) is 0 Å². The molecule has 0 heterocycles. The minimum absolute atomic E-state index is 0.334. The van der Waals surface area contributed by atoms with E-state index in [4.69, 9.17) is 4.43 Å². The van der Waals surface area contributed by atoms with Gasteiger partial charge in [-0.15, -0.1) is 0 Å². The summed E-state index contributed by atoms with van der Waals surface area (Å²) in [6.07, 6.45) is -0.469. The molecular formula is C35H51NO3S2Si. The van der Waals surface area contributed by atoms with Crippen molar-refractivity contribution in [3.05, 3.63) is 89.5 Å². The molecule has 0 spiro atoms. The van der Waals surface area contributed by atoms with Crippen LogP contribution in [0.4, 0.5) is 0 Å². The van der Waals surface area contributed by atoms with Crippen LogP contribution in [0.15, 0.2) is 87.5 Å². The molecule has 4 atom stereocenters. The molecule has 0 saturated heterocycles. The Morgan fingerprint density at radius 3 is 1.60 bits per heavy atom. The summed E-state index contributed by atoms with van der Waals surface area (Å²) in [4.78, 5) is 2.23. The number of benzene rings is 3. The minimum atomic E-state index is -2.44. The maximum Gasteiger partial charge on any atom is 0.201 e. The van der Waals surface area contributed by atoms with E-state index in [1.807, 2.05) is 80.6 Å². The maximum absolute atomic E-state index is 14.2. The van der Waals surface area contributed by atoms with Gasteiger partial charge in [0.2, 0.25) is 8.32 Å². The van der Waals surface area contributed by atoms with Gasteiger partial charge in [-0.3, -0.25) is 0 Å². The third-order valence-corrected chi connectivity index (χ3v) is 17.1. The van der Waals surface area contributed by atoms with E-state index in [9.17, 15) is 8.42 Å². The number of hydrogen-bond donors (Lipinski definition) is 1. The van der Waals surface area contributed by atoms with E-state index >= 15 is 0 Å². The minimum Gasteiger partial charge on any atom is -0.407 e. The second kappa shape index (κ2) is 14.3. The molecule has 7 heteroatoms. The largest absolute Gasteiger partial charge is 0.407 e. The summed E-state index contributed by atoms with van der Waals surface area (Å²) >= 11 is 0. The summed E-state index contributed by atoms with van der Waals surface area (Å²) in [6.45, 7) is 24.2. The molecule has 0 fully saturated rings. The molecule has 2 unspecified atom stereocenters. The molecular weight excluding hydrogens is 575 g/mol. The molecule has 0 radical (unpaired) electrons.